The number of halogens is 4. The largest absolute Gasteiger partial charge is 0.492 e. The quantitative estimate of drug-likeness (QED) is 0.693. The van der Waals surface area contributed by atoms with Crippen molar-refractivity contribution in [1.82, 2.24) is 0 Å². The first kappa shape index (κ1) is 17.3. The zero-order chi connectivity index (χ0) is 15.8. The summed E-state index contributed by atoms with van der Waals surface area (Å²) in [5, 5.41) is 0. The maximum atomic E-state index is 13.4. The van der Waals surface area contributed by atoms with E-state index in [2.05, 4.69) is 0 Å². The molecule has 118 valence electrons. The number of alkyl halides is 4. The average molecular weight is 298 g/mol. The summed E-state index contributed by atoms with van der Waals surface area (Å²) in [6, 6.07) is 0. The topological polar surface area (TPSA) is 18.5 Å². The van der Waals surface area contributed by atoms with Gasteiger partial charge >= 0.3 is 0 Å². The van der Waals surface area contributed by atoms with Gasteiger partial charge in [0.25, 0.3) is 11.8 Å². The first-order valence-electron chi connectivity index (χ1n) is 6.50. The molecule has 0 amide bonds. The van der Waals surface area contributed by atoms with Crippen LogP contribution in [-0.4, -0.2) is 29.7 Å². The Morgan fingerprint density at radius 1 is 1.20 bits per heavy atom. The summed E-state index contributed by atoms with van der Waals surface area (Å²) in [5.74, 6) is -6.63. The lowest BCUT2D eigenvalue weighted by molar-refractivity contribution is -0.144. The summed E-state index contributed by atoms with van der Waals surface area (Å²) in [5.41, 5.74) is -1.18. The lowest BCUT2D eigenvalue weighted by atomic mass is 9.94. The minimum atomic E-state index is -3.56. The molecule has 2 nitrogen and oxygen atoms in total. The van der Waals surface area contributed by atoms with Crippen molar-refractivity contribution >= 4 is 0 Å². The van der Waals surface area contributed by atoms with E-state index in [1.807, 2.05) is 13.8 Å². The van der Waals surface area contributed by atoms with Crippen LogP contribution in [-0.2, 0) is 9.47 Å². The van der Waals surface area contributed by atoms with Crippen molar-refractivity contribution in [3.8, 4) is 0 Å². The minimum absolute atomic E-state index is 0.328. The predicted octanol–water partition coefficient (Wildman–Crippen LogP) is 4.55. The summed E-state index contributed by atoms with van der Waals surface area (Å²) in [6.45, 7) is 6.65. The molecule has 0 N–H and O–H groups in total. The Hall–Kier alpha value is -0.780. The third kappa shape index (κ3) is 6.11. The van der Waals surface area contributed by atoms with E-state index in [1.54, 1.807) is 19.9 Å². The molecular formula is C14H22F4O2. The van der Waals surface area contributed by atoms with Gasteiger partial charge in [0, 0.05) is 6.42 Å². The van der Waals surface area contributed by atoms with E-state index in [1.165, 1.54) is 0 Å². The molecule has 0 aliphatic carbocycles. The average Bonchev–Trinajstić information content (AvgIpc) is 2.05. The highest BCUT2D eigenvalue weighted by Gasteiger charge is 2.42. The van der Waals surface area contributed by atoms with Crippen LogP contribution in [0.25, 0.3) is 0 Å². The molecule has 0 saturated carbocycles. The zero-order valence-corrected chi connectivity index (χ0v) is 12.5. The van der Waals surface area contributed by atoms with Crippen molar-refractivity contribution in [2.24, 2.45) is 0 Å². The first-order valence-corrected chi connectivity index (χ1v) is 6.50. The molecule has 0 radical (unpaired) electrons. The molecule has 20 heavy (non-hydrogen) atoms. The molecule has 1 aliphatic rings. The lowest BCUT2D eigenvalue weighted by Gasteiger charge is -2.39. The van der Waals surface area contributed by atoms with Crippen LogP contribution < -0.4 is 0 Å². The molecule has 6 heteroatoms. The van der Waals surface area contributed by atoms with Crippen molar-refractivity contribution in [1.29, 1.82) is 0 Å². The van der Waals surface area contributed by atoms with Crippen molar-refractivity contribution in [3.63, 3.8) is 0 Å². The van der Waals surface area contributed by atoms with E-state index in [0.717, 1.165) is 0 Å². The smallest absolute Gasteiger partial charge is 0.287 e. The number of rotatable bonds is 5. The monoisotopic (exact) mass is 298 g/mol. The Balaban J connectivity index is 2.67. The van der Waals surface area contributed by atoms with Crippen LogP contribution >= 0.6 is 0 Å². The van der Waals surface area contributed by atoms with Crippen molar-refractivity contribution in [3.05, 3.63) is 11.8 Å². The van der Waals surface area contributed by atoms with Gasteiger partial charge in [0.05, 0.1) is 23.4 Å². The molecule has 0 saturated heterocycles. The molecule has 0 aromatic rings. The minimum Gasteiger partial charge on any atom is -0.492 e. The summed E-state index contributed by atoms with van der Waals surface area (Å²) >= 11 is 0. The van der Waals surface area contributed by atoms with Gasteiger partial charge in [0.15, 0.2) is 6.61 Å². The Bertz CT molecular complexity index is 381. The third-order valence-corrected chi connectivity index (χ3v) is 2.69. The van der Waals surface area contributed by atoms with Gasteiger partial charge in [-0.2, -0.15) is 0 Å². The van der Waals surface area contributed by atoms with Gasteiger partial charge in [0.2, 0.25) is 0 Å². The number of ether oxygens (including phenoxy) is 2. The highest BCUT2D eigenvalue weighted by molar-refractivity contribution is 5.11. The van der Waals surface area contributed by atoms with Crippen molar-refractivity contribution in [2.75, 3.05) is 6.61 Å². The van der Waals surface area contributed by atoms with E-state index in [4.69, 9.17) is 9.47 Å². The van der Waals surface area contributed by atoms with E-state index in [-0.39, 0.29) is 0 Å². The second kappa shape index (κ2) is 5.20. The fourth-order valence-corrected chi connectivity index (χ4v) is 2.43. The second-order valence-corrected chi connectivity index (χ2v) is 6.64. The maximum Gasteiger partial charge on any atom is 0.287 e. The second-order valence-electron chi connectivity index (χ2n) is 6.64. The highest BCUT2D eigenvalue weighted by Crippen LogP contribution is 2.36. The van der Waals surface area contributed by atoms with Crippen LogP contribution in [0.2, 0.25) is 0 Å². The molecule has 0 bridgehead atoms. The Morgan fingerprint density at radius 3 is 2.20 bits per heavy atom. The normalized spacial score (nSPS) is 22.4. The van der Waals surface area contributed by atoms with Gasteiger partial charge in [-0.3, -0.25) is 0 Å². The molecular weight excluding hydrogens is 276 g/mol. The molecule has 0 aromatic carbocycles. The van der Waals surface area contributed by atoms with Crippen LogP contribution in [0.15, 0.2) is 11.8 Å². The first-order chi connectivity index (χ1) is 8.70. The van der Waals surface area contributed by atoms with E-state index in [0.29, 0.717) is 19.1 Å². The van der Waals surface area contributed by atoms with E-state index in [9.17, 15) is 17.6 Å². The lowest BCUT2D eigenvalue weighted by Crippen LogP contribution is -2.41. The third-order valence-electron chi connectivity index (χ3n) is 2.69. The van der Waals surface area contributed by atoms with Gasteiger partial charge in [-0.05, 0) is 40.7 Å². The Kier molecular flexibility index (Phi) is 4.49. The molecule has 1 rings (SSSR count). The fourth-order valence-electron chi connectivity index (χ4n) is 2.43. The van der Waals surface area contributed by atoms with Crippen molar-refractivity contribution in [2.45, 2.75) is 70.5 Å². The zero-order valence-electron chi connectivity index (χ0n) is 12.5. The van der Waals surface area contributed by atoms with Crippen LogP contribution in [0, 0.1) is 0 Å². The Labute approximate surface area is 117 Å². The molecule has 0 unspecified atom stereocenters. The molecule has 0 aromatic heterocycles. The summed E-state index contributed by atoms with van der Waals surface area (Å²) in [7, 11) is 0. The van der Waals surface area contributed by atoms with Gasteiger partial charge in [-0.15, -0.1) is 0 Å². The van der Waals surface area contributed by atoms with E-state index < -0.39 is 36.1 Å². The van der Waals surface area contributed by atoms with Gasteiger partial charge < -0.3 is 9.47 Å². The molecule has 0 atom stereocenters. The number of hydrogen-bond acceptors (Lipinski definition) is 2. The SMILES string of the molecule is CC(F)(F)CC(F)(F)COC1=CC(C)(C)OC(C)(C)C1. The Morgan fingerprint density at radius 2 is 1.75 bits per heavy atom. The summed E-state index contributed by atoms with van der Waals surface area (Å²) in [4.78, 5) is 0. The molecule has 1 heterocycles. The van der Waals surface area contributed by atoms with Crippen molar-refractivity contribution < 1.29 is 27.0 Å². The summed E-state index contributed by atoms with van der Waals surface area (Å²) in [6.07, 6.45) is 0.421. The van der Waals surface area contributed by atoms with Crippen LogP contribution in [0.3, 0.4) is 0 Å². The molecule has 0 spiro atoms. The molecule has 0 fully saturated rings. The maximum absolute atomic E-state index is 13.4. The standard InChI is InChI=1S/C14H22F4O2/c1-11(2)6-10(7-12(3,4)20-11)19-9-14(17,18)8-13(5,15)16/h6H,7-9H2,1-5H3. The van der Waals surface area contributed by atoms with Gasteiger partial charge in [-0.1, -0.05) is 0 Å². The van der Waals surface area contributed by atoms with Crippen LogP contribution in [0.4, 0.5) is 17.6 Å². The number of hydrogen-bond donors (Lipinski definition) is 0. The van der Waals surface area contributed by atoms with E-state index >= 15 is 0 Å². The van der Waals surface area contributed by atoms with Crippen LogP contribution in [0.1, 0.15) is 47.5 Å². The van der Waals surface area contributed by atoms with Gasteiger partial charge in [0.1, 0.15) is 0 Å². The van der Waals surface area contributed by atoms with Crippen LogP contribution in [0.5, 0.6) is 0 Å². The molecule has 1 aliphatic heterocycles. The predicted molar refractivity (Wildman–Crippen MR) is 68.1 cm³/mol. The highest BCUT2D eigenvalue weighted by atomic mass is 19.3. The fraction of sp³-hybridized carbons (Fsp3) is 0.857. The van der Waals surface area contributed by atoms with Gasteiger partial charge in [-0.25, -0.2) is 17.6 Å². The summed E-state index contributed by atoms with van der Waals surface area (Å²) < 4.78 is 62.9.